The third-order valence-corrected chi connectivity index (χ3v) is 3.76. The van der Waals surface area contributed by atoms with Crippen LogP contribution >= 0.6 is 0 Å². The molecule has 0 radical (unpaired) electrons. The zero-order valence-corrected chi connectivity index (χ0v) is 13.1. The lowest BCUT2D eigenvalue weighted by atomic mass is 10.2. The molecule has 0 bridgehead atoms. The topological polar surface area (TPSA) is 53.6 Å². The second-order valence-corrected chi connectivity index (χ2v) is 6.16. The number of nitrogens with zero attached hydrogens (tertiary/aromatic N) is 2. The molecule has 122 valence electrons. The molecule has 6 heteroatoms. The van der Waals surface area contributed by atoms with E-state index in [-0.39, 0.29) is 11.6 Å². The lowest BCUT2D eigenvalue weighted by Crippen LogP contribution is -2.35. The first kappa shape index (κ1) is 16.7. The van der Waals surface area contributed by atoms with Gasteiger partial charge in [0.05, 0.1) is 12.2 Å². The van der Waals surface area contributed by atoms with Gasteiger partial charge in [-0.2, -0.15) is 0 Å². The smallest absolute Gasteiger partial charge is 0.193 e. The van der Waals surface area contributed by atoms with Crippen molar-refractivity contribution in [3.63, 3.8) is 0 Å². The standard InChI is InChI=1S/C16H24F2N4/c1-11(2)10-22-7-3-4-13(22)9-20-16(19)21-15-8-12(17)5-6-14(15)18/h5-6,8,11,13H,3-4,7,9-10H2,1-2H3,(H3,19,20,21)/t13-/m1/s1. The third kappa shape index (κ3) is 4.66. The van der Waals surface area contributed by atoms with Crippen molar-refractivity contribution in [2.24, 2.45) is 16.6 Å². The van der Waals surface area contributed by atoms with Crippen LogP contribution in [0.15, 0.2) is 23.2 Å². The van der Waals surface area contributed by atoms with Gasteiger partial charge < -0.3 is 11.1 Å². The van der Waals surface area contributed by atoms with Crippen LogP contribution in [0.2, 0.25) is 0 Å². The van der Waals surface area contributed by atoms with Crippen molar-refractivity contribution >= 4 is 11.6 Å². The Hall–Kier alpha value is -1.69. The summed E-state index contributed by atoms with van der Waals surface area (Å²) in [6.45, 7) is 7.10. The van der Waals surface area contributed by atoms with E-state index in [1.54, 1.807) is 0 Å². The summed E-state index contributed by atoms with van der Waals surface area (Å²) in [6.07, 6.45) is 2.26. The molecular weight excluding hydrogens is 286 g/mol. The average Bonchev–Trinajstić information content (AvgIpc) is 2.87. The van der Waals surface area contributed by atoms with Crippen molar-refractivity contribution in [3.05, 3.63) is 29.8 Å². The van der Waals surface area contributed by atoms with Crippen LogP contribution in [-0.4, -0.2) is 36.5 Å². The maximum atomic E-state index is 13.5. The molecule has 1 fully saturated rings. The van der Waals surface area contributed by atoms with Gasteiger partial charge in [-0.1, -0.05) is 13.8 Å². The van der Waals surface area contributed by atoms with Gasteiger partial charge in [0, 0.05) is 18.7 Å². The van der Waals surface area contributed by atoms with E-state index in [4.69, 9.17) is 5.73 Å². The minimum atomic E-state index is -0.554. The number of hydrogen-bond donors (Lipinski definition) is 2. The SMILES string of the molecule is CC(C)CN1CCC[C@@H]1CN=C(N)Nc1cc(F)ccc1F. The Balaban J connectivity index is 1.93. The van der Waals surface area contributed by atoms with Crippen molar-refractivity contribution in [2.45, 2.75) is 32.7 Å². The molecule has 0 aliphatic carbocycles. The number of benzene rings is 1. The van der Waals surface area contributed by atoms with Crippen LogP contribution in [-0.2, 0) is 0 Å². The highest BCUT2D eigenvalue weighted by molar-refractivity contribution is 5.92. The highest BCUT2D eigenvalue weighted by atomic mass is 19.1. The van der Waals surface area contributed by atoms with Crippen LogP contribution in [0.5, 0.6) is 0 Å². The molecule has 1 heterocycles. The number of rotatable bonds is 5. The van der Waals surface area contributed by atoms with E-state index in [2.05, 4.69) is 29.1 Å². The Labute approximate surface area is 130 Å². The van der Waals surface area contributed by atoms with Crippen LogP contribution in [0.3, 0.4) is 0 Å². The lowest BCUT2D eigenvalue weighted by Gasteiger charge is -2.24. The van der Waals surface area contributed by atoms with Crippen molar-refractivity contribution in [2.75, 3.05) is 25.0 Å². The van der Waals surface area contributed by atoms with Crippen molar-refractivity contribution in [3.8, 4) is 0 Å². The van der Waals surface area contributed by atoms with Gasteiger partial charge in [0.15, 0.2) is 5.96 Å². The minimum absolute atomic E-state index is 0.00621. The number of hydrogen-bond acceptors (Lipinski definition) is 2. The van der Waals surface area contributed by atoms with E-state index in [0.717, 1.165) is 37.7 Å². The average molecular weight is 310 g/mol. The first-order valence-electron chi connectivity index (χ1n) is 7.71. The van der Waals surface area contributed by atoms with E-state index in [1.807, 2.05) is 0 Å². The minimum Gasteiger partial charge on any atom is -0.370 e. The number of anilines is 1. The summed E-state index contributed by atoms with van der Waals surface area (Å²) in [5, 5.41) is 2.62. The summed E-state index contributed by atoms with van der Waals surface area (Å²) in [5.41, 5.74) is 5.79. The predicted molar refractivity (Wildman–Crippen MR) is 85.9 cm³/mol. The molecule has 1 atom stereocenters. The Bertz CT molecular complexity index is 531. The molecule has 1 aromatic carbocycles. The second kappa shape index (κ2) is 7.54. The van der Waals surface area contributed by atoms with Crippen LogP contribution < -0.4 is 11.1 Å². The maximum Gasteiger partial charge on any atom is 0.193 e. The summed E-state index contributed by atoms with van der Waals surface area (Å²) in [5.74, 6) is -0.347. The molecule has 1 aromatic rings. The molecule has 2 rings (SSSR count). The van der Waals surface area contributed by atoms with Gasteiger partial charge >= 0.3 is 0 Å². The summed E-state index contributed by atoms with van der Waals surface area (Å²) < 4.78 is 26.6. The van der Waals surface area contributed by atoms with Gasteiger partial charge in [-0.15, -0.1) is 0 Å². The molecule has 4 nitrogen and oxygen atoms in total. The van der Waals surface area contributed by atoms with Crippen LogP contribution in [0.1, 0.15) is 26.7 Å². The Morgan fingerprint density at radius 1 is 1.45 bits per heavy atom. The summed E-state index contributed by atoms with van der Waals surface area (Å²) in [6, 6.07) is 3.57. The van der Waals surface area contributed by atoms with Crippen molar-refractivity contribution < 1.29 is 8.78 Å². The molecule has 0 saturated carbocycles. The molecule has 22 heavy (non-hydrogen) atoms. The molecule has 3 N–H and O–H groups in total. The van der Waals surface area contributed by atoms with Crippen LogP contribution in [0, 0.1) is 17.6 Å². The zero-order chi connectivity index (χ0) is 16.1. The zero-order valence-electron chi connectivity index (χ0n) is 13.1. The molecule has 0 aromatic heterocycles. The highest BCUT2D eigenvalue weighted by Crippen LogP contribution is 2.19. The number of halogens is 2. The van der Waals surface area contributed by atoms with E-state index in [9.17, 15) is 8.78 Å². The molecular formula is C16H24F2N4. The Morgan fingerprint density at radius 2 is 2.23 bits per heavy atom. The maximum absolute atomic E-state index is 13.5. The number of likely N-dealkylation sites (tertiary alicyclic amines) is 1. The first-order chi connectivity index (χ1) is 10.5. The number of nitrogens with two attached hydrogens (primary N) is 1. The quantitative estimate of drug-likeness (QED) is 0.649. The van der Waals surface area contributed by atoms with Crippen molar-refractivity contribution in [1.29, 1.82) is 0 Å². The van der Waals surface area contributed by atoms with Gasteiger partial charge in [0.2, 0.25) is 0 Å². The molecule has 1 saturated heterocycles. The van der Waals surface area contributed by atoms with E-state index < -0.39 is 11.6 Å². The first-order valence-corrected chi connectivity index (χ1v) is 7.71. The number of aliphatic imine (C=N–C) groups is 1. The number of nitrogens with one attached hydrogen (secondary N) is 1. The lowest BCUT2D eigenvalue weighted by molar-refractivity contribution is 0.231. The van der Waals surface area contributed by atoms with Gasteiger partial charge in [-0.3, -0.25) is 9.89 Å². The van der Waals surface area contributed by atoms with Crippen LogP contribution in [0.25, 0.3) is 0 Å². The Morgan fingerprint density at radius 3 is 2.95 bits per heavy atom. The predicted octanol–water partition coefficient (Wildman–Crippen LogP) is 2.81. The van der Waals surface area contributed by atoms with Crippen LogP contribution in [0.4, 0.5) is 14.5 Å². The summed E-state index contributed by atoms with van der Waals surface area (Å²) >= 11 is 0. The van der Waals surface area contributed by atoms with Gasteiger partial charge in [0.1, 0.15) is 11.6 Å². The molecule has 1 aliphatic heterocycles. The molecule has 1 aliphatic rings. The van der Waals surface area contributed by atoms with Crippen molar-refractivity contribution in [1.82, 2.24) is 4.90 Å². The summed E-state index contributed by atoms with van der Waals surface area (Å²) in [4.78, 5) is 6.70. The van der Waals surface area contributed by atoms with Gasteiger partial charge in [-0.25, -0.2) is 8.78 Å². The molecule has 0 spiro atoms. The largest absolute Gasteiger partial charge is 0.370 e. The Kier molecular flexibility index (Phi) is 5.71. The summed E-state index contributed by atoms with van der Waals surface area (Å²) in [7, 11) is 0. The fourth-order valence-electron chi connectivity index (χ4n) is 2.79. The third-order valence-electron chi connectivity index (χ3n) is 3.76. The van der Waals surface area contributed by atoms with Gasteiger partial charge in [0.25, 0.3) is 0 Å². The number of guanidine groups is 1. The highest BCUT2D eigenvalue weighted by Gasteiger charge is 2.24. The molecule has 0 unspecified atom stereocenters. The van der Waals surface area contributed by atoms with Gasteiger partial charge in [-0.05, 0) is 37.4 Å². The molecule has 0 amide bonds. The monoisotopic (exact) mass is 310 g/mol. The van der Waals surface area contributed by atoms with E-state index >= 15 is 0 Å². The fourth-order valence-corrected chi connectivity index (χ4v) is 2.79. The second-order valence-electron chi connectivity index (χ2n) is 6.16. The normalized spacial score (nSPS) is 19.9. The fraction of sp³-hybridized carbons (Fsp3) is 0.562. The van der Waals surface area contributed by atoms with E-state index in [0.29, 0.717) is 18.5 Å². The van der Waals surface area contributed by atoms with E-state index in [1.165, 1.54) is 6.42 Å².